The first-order valence-corrected chi connectivity index (χ1v) is 8.93. The third-order valence-corrected chi connectivity index (χ3v) is 5.87. The first kappa shape index (κ1) is 18.0. The van der Waals surface area contributed by atoms with Gasteiger partial charge in [0, 0.05) is 17.5 Å². The number of aliphatic hydroxyl groups excluding tert-OH is 2. The number of nitrogens with zero attached hydrogens (tertiary/aromatic N) is 3. The van der Waals surface area contributed by atoms with Gasteiger partial charge < -0.3 is 19.9 Å². The highest BCUT2D eigenvalue weighted by atomic mass is 19.1. The minimum absolute atomic E-state index is 0.347. The number of halogens is 1. The molecule has 0 saturated heterocycles. The summed E-state index contributed by atoms with van der Waals surface area (Å²) in [5, 5.41) is 33.4. The van der Waals surface area contributed by atoms with Crippen LogP contribution in [0.1, 0.15) is 30.6 Å². The molecule has 4 rings (SSSR count). The molecule has 0 spiro atoms. The summed E-state index contributed by atoms with van der Waals surface area (Å²) in [4.78, 5) is 8.49. The van der Waals surface area contributed by atoms with Gasteiger partial charge in [-0.3, -0.25) is 0 Å². The van der Waals surface area contributed by atoms with Crippen LogP contribution in [0.4, 0.5) is 4.39 Å². The molecule has 1 fully saturated rings. The Morgan fingerprint density at radius 3 is 2.52 bits per heavy atom. The predicted molar refractivity (Wildman–Crippen MR) is 97.4 cm³/mol. The number of fused-ring (bicyclic) bond motifs is 1. The van der Waals surface area contributed by atoms with E-state index in [2.05, 4.69) is 9.97 Å². The number of hydrogen-bond donors (Lipinski definition) is 3. The maximum absolute atomic E-state index is 13.2. The summed E-state index contributed by atoms with van der Waals surface area (Å²) in [7, 11) is 0. The van der Waals surface area contributed by atoms with Gasteiger partial charge in [-0.2, -0.15) is 0 Å². The van der Waals surface area contributed by atoms with Crippen molar-refractivity contribution in [2.45, 2.75) is 44.1 Å². The van der Waals surface area contributed by atoms with Crippen LogP contribution in [0.3, 0.4) is 0 Å². The third-order valence-electron chi connectivity index (χ3n) is 5.87. The lowest BCUT2D eigenvalue weighted by Gasteiger charge is -2.33. The third kappa shape index (κ3) is 2.82. The Morgan fingerprint density at radius 1 is 1.11 bits per heavy atom. The molecule has 142 valence electrons. The molecule has 1 saturated carbocycles. The van der Waals surface area contributed by atoms with E-state index in [9.17, 15) is 19.7 Å². The Labute approximate surface area is 155 Å². The molecule has 0 bridgehead atoms. The molecule has 3 N–H and O–H groups in total. The molecule has 1 aliphatic rings. The zero-order valence-electron chi connectivity index (χ0n) is 15.1. The minimum atomic E-state index is -1.42. The van der Waals surface area contributed by atoms with Gasteiger partial charge in [0.05, 0.1) is 23.4 Å². The van der Waals surface area contributed by atoms with Gasteiger partial charge >= 0.3 is 0 Å². The first-order chi connectivity index (χ1) is 12.8. The quantitative estimate of drug-likeness (QED) is 0.656. The molecule has 0 unspecified atom stereocenters. The van der Waals surface area contributed by atoms with E-state index in [4.69, 9.17) is 0 Å². The van der Waals surface area contributed by atoms with Crippen LogP contribution in [-0.2, 0) is 5.60 Å². The molecular weight excluding hydrogens is 349 g/mol. The van der Waals surface area contributed by atoms with Gasteiger partial charge in [-0.05, 0) is 44.0 Å². The number of aryl methyl sites for hydroxylation is 1. The molecule has 2 heterocycles. The Kier molecular flexibility index (Phi) is 4.25. The van der Waals surface area contributed by atoms with Crippen molar-refractivity contribution >= 4 is 11.0 Å². The van der Waals surface area contributed by atoms with Gasteiger partial charge in [0.25, 0.3) is 0 Å². The molecule has 2 aromatic heterocycles. The highest BCUT2D eigenvalue weighted by Gasteiger charge is 2.50. The van der Waals surface area contributed by atoms with Crippen LogP contribution in [-0.4, -0.2) is 42.1 Å². The van der Waals surface area contributed by atoms with Gasteiger partial charge in [-0.1, -0.05) is 12.1 Å². The van der Waals surface area contributed by atoms with Crippen LogP contribution in [0, 0.1) is 18.7 Å². The summed E-state index contributed by atoms with van der Waals surface area (Å²) >= 11 is 0. The van der Waals surface area contributed by atoms with E-state index in [1.165, 1.54) is 30.6 Å². The lowest BCUT2D eigenvalue weighted by atomic mass is 9.80. The number of rotatable bonds is 3. The van der Waals surface area contributed by atoms with Gasteiger partial charge in [0.2, 0.25) is 0 Å². The number of aromatic nitrogens is 3. The Morgan fingerprint density at radius 2 is 1.81 bits per heavy atom. The van der Waals surface area contributed by atoms with Crippen LogP contribution in [0.15, 0.2) is 42.9 Å². The van der Waals surface area contributed by atoms with E-state index in [1.807, 2.05) is 23.8 Å². The highest BCUT2D eigenvalue weighted by molar-refractivity contribution is 5.78. The molecule has 0 radical (unpaired) electrons. The van der Waals surface area contributed by atoms with E-state index in [0.29, 0.717) is 17.6 Å². The second-order valence-corrected chi connectivity index (χ2v) is 7.46. The number of aliphatic hydroxyl groups is 3. The van der Waals surface area contributed by atoms with Crippen molar-refractivity contribution in [1.29, 1.82) is 0 Å². The monoisotopic (exact) mass is 371 g/mol. The smallest absolute Gasteiger partial charge is 0.143 e. The molecule has 6 nitrogen and oxygen atoms in total. The Balaban J connectivity index is 1.70. The van der Waals surface area contributed by atoms with Crippen molar-refractivity contribution in [3.63, 3.8) is 0 Å². The second-order valence-electron chi connectivity index (χ2n) is 7.46. The SMILES string of the molecule is Cc1ncnc2c1ccn2[C@@H]1C[C@H]([C@](C)(O)c2ccc(F)cc2)[C@@H](O)[C@H]1O. The normalized spacial score (nSPS) is 27.8. The van der Waals surface area contributed by atoms with Crippen molar-refractivity contribution in [2.24, 2.45) is 5.92 Å². The Bertz CT molecular complexity index is 970. The van der Waals surface area contributed by atoms with E-state index in [0.717, 1.165) is 11.1 Å². The highest BCUT2D eigenvalue weighted by Crippen LogP contribution is 2.45. The maximum Gasteiger partial charge on any atom is 0.143 e. The van der Waals surface area contributed by atoms with Crippen molar-refractivity contribution in [3.8, 4) is 0 Å². The molecule has 3 aromatic rings. The topological polar surface area (TPSA) is 91.4 Å². The average molecular weight is 371 g/mol. The summed E-state index contributed by atoms with van der Waals surface area (Å²) in [6, 6.07) is 7.00. The predicted octanol–water partition coefficient (Wildman–Crippen LogP) is 2.07. The molecule has 0 amide bonds. The van der Waals surface area contributed by atoms with Gasteiger partial charge in [-0.15, -0.1) is 0 Å². The summed E-state index contributed by atoms with van der Waals surface area (Å²) < 4.78 is 15.1. The summed E-state index contributed by atoms with van der Waals surface area (Å²) in [5.74, 6) is -1.02. The van der Waals surface area contributed by atoms with Crippen molar-refractivity contribution in [2.75, 3.05) is 0 Å². The second kappa shape index (κ2) is 6.37. The fraction of sp³-hybridized carbons (Fsp3) is 0.400. The standard InChI is InChI=1S/C20H22FN3O3/c1-11-14-7-8-24(19(14)23-10-22-11)16-9-15(17(25)18(16)26)20(2,27)12-3-5-13(21)6-4-12/h3-8,10,15-18,25-27H,9H2,1-2H3/t15-,16+,17+,18-,20+/m0/s1. The van der Waals surface area contributed by atoms with Crippen LogP contribution < -0.4 is 0 Å². The molecule has 1 aromatic carbocycles. The largest absolute Gasteiger partial charge is 0.390 e. The molecule has 5 atom stereocenters. The zero-order valence-corrected chi connectivity index (χ0v) is 15.1. The Hall–Kier alpha value is -2.35. The lowest BCUT2D eigenvalue weighted by molar-refractivity contribution is -0.0752. The van der Waals surface area contributed by atoms with E-state index in [-0.39, 0.29) is 0 Å². The maximum atomic E-state index is 13.2. The molecule has 7 heteroatoms. The summed E-state index contributed by atoms with van der Waals surface area (Å²) in [5.41, 5.74) is 0.593. The van der Waals surface area contributed by atoms with E-state index < -0.39 is 35.6 Å². The van der Waals surface area contributed by atoms with Gasteiger partial charge in [-0.25, -0.2) is 14.4 Å². The number of hydrogen-bond acceptors (Lipinski definition) is 5. The molecule has 1 aliphatic carbocycles. The molecule has 27 heavy (non-hydrogen) atoms. The lowest BCUT2D eigenvalue weighted by Crippen LogP contribution is -2.40. The first-order valence-electron chi connectivity index (χ1n) is 8.93. The molecule has 0 aliphatic heterocycles. The van der Waals surface area contributed by atoms with Crippen LogP contribution in [0.2, 0.25) is 0 Å². The van der Waals surface area contributed by atoms with E-state index >= 15 is 0 Å². The molecular formula is C20H22FN3O3. The van der Waals surface area contributed by atoms with Crippen LogP contribution in [0.5, 0.6) is 0 Å². The van der Waals surface area contributed by atoms with Crippen molar-refractivity contribution in [3.05, 3.63) is 59.9 Å². The van der Waals surface area contributed by atoms with Crippen molar-refractivity contribution < 1.29 is 19.7 Å². The summed E-state index contributed by atoms with van der Waals surface area (Å²) in [6.45, 7) is 3.47. The van der Waals surface area contributed by atoms with Gasteiger partial charge in [0.15, 0.2) is 0 Å². The van der Waals surface area contributed by atoms with Crippen molar-refractivity contribution in [1.82, 2.24) is 14.5 Å². The fourth-order valence-electron chi connectivity index (χ4n) is 4.21. The van der Waals surface area contributed by atoms with Crippen LogP contribution >= 0.6 is 0 Å². The minimum Gasteiger partial charge on any atom is -0.390 e. The summed E-state index contributed by atoms with van der Waals surface area (Å²) in [6.07, 6.45) is 1.45. The van der Waals surface area contributed by atoms with E-state index in [1.54, 1.807) is 6.92 Å². The average Bonchev–Trinajstić information content (AvgIpc) is 3.19. The van der Waals surface area contributed by atoms with Gasteiger partial charge in [0.1, 0.15) is 23.9 Å². The zero-order chi connectivity index (χ0) is 19.3. The fourth-order valence-corrected chi connectivity index (χ4v) is 4.21. The number of benzene rings is 1. The van der Waals surface area contributed by atoms with Crippen LogP contribution in [0.25, 0.3) is 11.0 Å².